The number of hydrogen-bond donors (Lipinski definition) is 4. The molecule has 0 atom stereocenters. The SMILES string of the molecule is COC(=O)c1ccccc1S(=O)(=O)NC(=O)Nc1nc(C)nc(OC)n1.COc1nc(C)nc([As]C(=O)NS(=O)(=O)c2ccccc2C(=O)O)n1. The zero-order chi connectivity index (χ0) is 37.9. The van der Waals surface area contributed by atoms with E-state index in [1.165, 1.54) is 51.5 Å². The summed E-state index contributed by atoms with van der Waals surface area (Å²) in [6, 6.07) is 9.12. The third kappa shape index (κ3) is 11.1. The Morgan fingerprint density at radius 2 is 1.20 bits per heavy atom. The van der Waals surface area contributed by atoms with Crippen LogP contribution in [-0.4, -0.2) is 112 Å². The van der Waals surface area contributed by atoms with E-state index >= 15 is 0 Å². The van der Waals surface area contributed by atoms with Gasteiger partial charge in [-0.15, -0.1) is 0 Å². The molecule has 0 bridgehead atoms. The molecule has 1 radical (unpaired) electrons. The summed E-state index contributed by atoms with van der Waals surface area (Å²) in [5.74, 6) is -1.90. The number of rotatable bonds is 11. The Morgan fingerprint density at radius 3 is 1.76 bits per heavy atom. The third-order valence-electron chi connectivity index (χ3n) is 5.67. The maximum absolute atomic E-state index is 12.4. The average molecular weight is 809 g/mol. The molecule has 0 aliphatic carbocycles. The topological polar surface area (TPSA) is 298 Å². The van der Waals surface area contributed by atoms with Crippen LogP contribution >= 0.6 is 0 Å². The number of sulfonamides is 2. The fraction of sp³-hybridized carbons (Fsp3) is 0.185. The van der Waals surface area contributed by atoms with Gasteiger partial charge < -0.3 is 9.47 Å². The maximum atomic E-state index is 12.4. The van der Waals surface area contributed by atoms with Gasteiger partial charge in [0, 0.05) is 0 Å². The molecule has 0 aliphatic heterocycles. The molecule has 4 N–H and O–H groups in total. The predicted molar refractivity (Wildman–Crippen MR) is 174 cm³/mol. The number of aryl methyl sites for hydroxylation is 2. The summed E-state index contributed by atoms with van der Waals surface area (Å²) in [6.07, 6.45) is 0. The number of carboxylic acid groups (broad SMARTS) is 1. The van der Waals surface area contributed by atoms with Crippen LogP contribution in [0, 0.1) is 13.8 Å². The second-order valence-electron chi connectivity index (χ2n) is 9.23. The van der Waals surface area contributed by atoms with Crippen LogP contribution in [-0.2, 0) is 24.8 Å². The number of methoxy groups -OCH3 is 3. The molecule has 2 aromatic carbocycles. The van der Waals surface area contributed by atoms with E-state index in [0.717, 1.165) is 25.3 Å². The van der Waals surface area contributed by atoms with Crippen molar-refractivity contribution in [1.29, 1.82) is 0 Å². The number of benzene rings is 2. The first-order chi connectivity index (χ1) is 24.0. The second-order valence-corrected chi connectivity index (χ2v) is 14.7. The zero-order valence-electron chi connectivity index (χ0n) is 27.0. The summed E-state index contributed by atoms with van der Waals surface area (Å²) in [6.45, 7) is 3.11. The van der Waals surface area contributed by atoms with Gasteiger partial charge in [-0.3, -0.25) is 5.32 Å². The summed E-state index contributed by atoms with van der Waals surface area (Å²) in [5.41, 5.74) is -0.648. The first-order valence-electron chi connectivity index (χ1n) is 13.6. The summed E-state index contributed by atoms with van der Waals surface area (Å²) in [7, 11) is -4.91. The fourth-order valence-corrected chi connectivity index (χ4v) is 7.94. The van der Waals surface area contributed by atoms with Gasteiger partial charge in [0.25, 0.3) is 10.0 Å². The molecule has 0 saturated carbocycles. The van der Waals surface area contributed by atoms with Gasteiger partial charge >= 0.3 is 167 Å². The standard InChI is InChI=1S/C14H15N5O6S.C13H12AsN4O6S/c1-8-15-12(18-14(16-8)25-3)17-13(21)19-26(22,23)10-7-5-4-6-9(10)11(20)24-2;1-7-15-11(17-13(16-7)24-2)14-12(21)18-25(22,23)9-6-4-3-5-8(9)10(19)20/h4-7H,1-3H3,(H2,15,16,17,18,19,21);3-6H,1-2H3,(H,18,21)(H,19,20). The first-order valence-corrected chi connectivity index (χ1v) is 18.5. The monoisotopic (exact) mass is 808 g/mol. The van der Waals surface area contributed by atoms with Gasteiger partial charge in [0.1, 0.15) is 10.7 Å². The van der Waals surface area contributed by atoms with Crippen LogP contribution in [0.25, 0.3) is 0 Å². The van der Waals surface area contributed by atoms with Gasteiger partial charge in [0.2, 0.25) is 5.95 Å². The Morgan fingerprint density at radius 1 is 0.686 bits per heavy atom. The van der Waals surface area contributed by atoms with Crippen LogP contribution < -0.4 is 28.8 Å². The van der Waals surface area contributed by atoms with Crippen molar-refractivity contribution in [1.82, 2.24) is 39.3 Å². The van der Waals surface area contributed by atoms with Gasteiger partial charge in [-0.25, -0.2) is 22.7 Å². The Balaban J connectivity index is 0.000000276. The molecule has 269 valence electrons. The van der Waals surface area contributed by atoms with Crippen molar-refractivity contribution >= 4 is 69.0 Å². The number of hydrogen-bond acceptors (Lipinski definition) is 17. The molecule has 2 aromatic heterocycles. The third-order valence-corrected chi connectivity index (χ3v) is 10.3. The van der Waals surface area contributed by atoms with Crippen molar-refractivity contribution in [2.24, 2.45) is 0 Å². The van der Waals surface area contributed by atoms with Crippen molar-refractivity contribution in [2.75, 3.05) is 26.6 Å². The van der Waals surface area contributed by atoms with Crippen LogP contribution in [0.5, 0.6) is 12.0 Å². The van der Waals surface area contributed by atoms with E-state index in [9.17, 15) is 36.0 Å². The number of aromatic carboxylic acids is 1. The van der Waals surface area contributed by atoms with Gasteiger partial charge in [-0.1, -0.05) is 12.1 Å². The van der Waals surface area contributed by atoms with Crippen molar-refractivity contribution < 1.29 is 55.3 Å². The number of carboxylic acids is 1. The summed E-state index contributed by atoms with van der Waals surface area (Å²) in [4.78, 5) is 69.2. The molecule has 0 aliphatic rings. The number of esters is 1. The molecular weight excluding hydrogens is 781 g/mol. The molecule has 2 heterocycles. The number of nitrogens with zero attached hydrogens (tertiary/aromatic N) is 6. The number of urea groups is 1. The van der Waals surface area contributed by atoms with Crippen molar-refractivity contribution in [3.8, 4) is 12.0 Å². The number of amides is 3. The van der Waals surface area contributed by atoms with Crippen LogP contribution in [0.15, 0.2) is 58.3 Å². The summed E-state index contributed by atoms with van der Waals surface area (Å²) < 4.78 is 66.5. The number of carbonyl (C=O) groups is 4. The number of carbonyl (C=O) groups excluding carboxylic acids is 3. The number of nitrogens with one attached hydrogen (secondary N) is 3. The van der Waals surface area contributed by atoms with Crippen LogP contribution in [0.2, 0.25) is 0 Å². The van der Waals surface area contributed by atoms with E-state index in [-0.39, 0.29) is 34.0 Å². The molecule has 3 amide bonds. The minimum atomic E-state index is -4.36. The summed E-state index contributed by atoms with van der Waals surface area (Å²) in [5, 5.41) is 11.2. The molecule has 0 unspecified atom stereocenters. The predicted octanol–water partition coefficient (Wildman–Crippen LogP) is -0.200. The molecule has 0 saturated heterocycles. The quantitative estimate of drug-likeness (QED) is 0.113. The van der Waals surface area contributed by atoms with Crippen molar-refractivity contribution in [2.45, 2.75) is 23.6 Å². The number of ether oxygens (including phenoxy) is 3. The second kappa shape index (κ2) is 17.2. The molecule has 4 aromatic rings. The molecular formula is C27H27AsN9O12S2. The minimum absolute atomic E-state index is 0.0182. The van der Waals surface area contributed by atoms with Crippen molar-refractivity contribution in [3.05, 3.63) is 71.3 Å². The molecule has 4 rings (SSSR count). The fourth-order valence-electron chi connectivity index (χ4n) is 3.63. The average Bonchev–Trinajstić information content (AvgIpc) is 3.06. The van der Waals surface area contributed by atoms with Gasteiger partial charge in [-0.05, 0) is 19.1 Å². The Bertz CT molecular complexity index is 2190. The van der Waals surface area contributed by atoms with Crippen LogP contribution in [0.1, 0.15) is 32.4 Å². The number of aromatic nitrogens is 6. The van der Waals surface area contributed by atoms with E-state index in [1.54, 1.807) is 11.6 Å². The van der Waals surface area contributed by atoms with E-state index < -0.39 is 73.8 Å². The Labute approximate surface area is 296 Å². The van der Waals surface area contributed by atoms with E-state index in [4.69, 9.17) is 14.6 Å². The van der Waals surface area contributed by atoms with E-state index in [0.29, 0.717) is 5.82 Å². The van der Waals surface area contributed by atoms with Gasteiger partial charge in [0.05, 0.1) is 19.8 Å². The van der Waals surface area contributed by atoms with Gasteiger partial charge in [0.15, 0.2) is 0 Å². The van der Waals surface area contributed by atoms with Crippen LogP contribution in [0.4, 0.5) is 15.5 Å². The molecule has 0 fully saturated rings. The first kappa shape index (κ1) is 39.6. The summed E-state index contributed by atoms with van der Waals surface area (Å²) >= 11 is -1.41. The Kier molecular flexibility index (Phi) is 13.4. The van der Waals surface area contributed by atoms with E-state index in [2.05, 4.69) is 40.0 Å². The number of anilines is 1. The molecule has 51 heavy (non-hydrogen) atoms. The van der Waals surface area contributed by atoms with E-state index in [1.807, 2.05) is 4.72 Å². The van der Waals surface area contributed by atoms with Crippen molar-refractivity contribution in [3.63, 3.8) is 0 Å². The normalized spacial score (nSPS) is 11.1. The molecule has 0 spiro atoms. The van der Waals surface area contributed by atoms with Crippen LogP contribution in [0.3, 0.4) is 0 Å². The van der Waals surface area contributed by atoms with Gasteiger partial charge in [-0.2, -0.15) is 15.0 Å². The Hall–Kier alpha value is -5.80. The molecule has 24 heteroatoms. The zero-order valence-corrected chi connectivity index (χ0v) is 30.5. The molecule has 21 nitrogen and oxygen atoms in total.